The fourth-order valence-corrected chi connectivity index (χ4v) is 4.21. The van der Waals surface area contributed by atoms with Gasteiger partial charge in [-0.2, -0.15) is 0 Å². The minimum absolute atomic E-state index is 0.217. The van der Waals surface area contributed by atoms with E-state index in [4.69, 9.17) is 11.6 Å². The summed E-state index contributed by atoms with van der Waals surface area (Å²) in [6.07, 6.45) is 2.57. The Morgan fingerprint density at radius 1 is 1.33 bits per heavy atom. The summed E-state index contributed by atoms with van der Waals surface area (Å²) < 4.78 is 28.9. The molecule has 0 unspecified atom stereocenters. The highest BCUT2D eigenvalue weighted by Crippen LogP contribution is 2.24. The summed E-state index contributed by atoms with van der Waals surface area (Å²) in [6.45, 7) is 1.30. The molecule has 1 N–H and O–H groups in total. The van der Waals surface area contributed by atoms with E-state index in [0.29, 0.717) is 18.0 Å². The molecule has 0 amide bonds. The molecule has 2 aromatic rings. The quantitative estimate of drug-likeness (QED) is 0.903. The number of hydrogen-bond donors (Lipinski definition) is 1. The summed E-state index contributed by atoms with van der Waals surface area (Å²) in [4.78, 5) is 4.69. The van der Waals surface area contributed by atoms with E-state index >= 15 is 0 Å². The molecule has 1 aromatic heterocycles. The van der Waals surface area contributed by atoms with Crippen LogP contribution in [0.2, 0.25) is 5.02 Å². The Balaban J connectivity index is 1.60. The van der Waals surface area contributed by atoms with Crippen LogP contribution in [-0.4, -0.2) is 30.3 Å². The molecule has 21 heavy (non-hydrogen) atoms. The Bertz CT molecular complexity index is 720. The number of imidazole rings is 1. The predicted molar refractivity (Wildman–Crippen MR) is 83.3 cm³/mol. The van der Waals surface area contributed by atoms with Crippen molar-refractivity contribution < 1.29 is 8.42 Å². The first kappa shape index (κ1) is 14.9. The summed E-state index contributed by atoms with van der Waals surface area (Å²) in [6, 6.07) is 6.11. The number of nitrogens with zero attached hydrogens (tertiary/aromatic N) is 2. The molecule has 0 bridgehead atoms. The van der Waals surface area contributed by atoms with Gasteiger partial charge in [0.25, 0.3) is 0 Å². The second-order valence-corrected chi connectivity index (χ2v) is 7.92. The van der Waals surface area contributed by atoms with Gasteiger partial charge in [-0.3, -0.25) is 0 Å². The topological polar surface area (TPSA) is 64.0 Å². The Kier molecular flexibility index (Phi) is 4.26. The Morgan fingerprint density at radius 2 is 2.10 bits per heavy atom. The van der Waals surface area contributed by atoms with Crippen molar-refractivity contribution in [3.63, 3.8) is 0 Å². The van der Waals surface area contributed by atoms with Gasteiger partial charge in [-0.15, -0.1) is 0 Å². The largest absolute Gasteiger partial charge is 0.325 e. The first-order valence-corrected chi connectivity index (χ1v) is 9.33. The van der Waals surface area contributed by atoms with Crippen LogP contribution < -0.4 is 4.72 Å². The number of halogens is 1. The highest BCUT2D eigenvalue weighted by Gasteiger charge is 2.16. The second-order valence-electron chi connectivity index (χ2n) is 4.66. The molecular weight excluding hydrogens is 330 g/mol. The van der Waals surface area contributed by atoms with Crippen LogP contribution in [0.1, 0.15) is 5.69 Å². The molecular formula is C13H14ClN3O2S2. The van der Waals surface area contributed by atoms with Crippen molar-refractivity contribution in [1.29, 1.82) is 0 Å². The molecule has 1 aliphatic rings. The van der Waals surface area contributed by atoms with Crippen LogP contribution in [-0.2, 0) is 23.0 Å². The highest BCUT2D eigenvalue weighted by molar-refractivity contribution is 7.99. The summed E-state index contributed by atoms with van der Waals surface area (Å²) in [5, 5.41) is 1.53. The molecule has 1 aliphatic heterocycles. The number of rotatable bonds is 5. The van der Waals surface area contributed by atoms with Gasteiger partial charge in [0.05, 0.1) is 10.6 Å². The van der Waals surface area contributed by atoms with Crippen LogP contribution in [0.5, 0.6) is 0 Å². The van der Waals surface area contributed by atoms with Crippen molar-refractivity contribution in [3.05, 3.63) is 41.2 Å². The van der Waals surface area contributed by atoms with Gasteiger partial charge < -0.3 is 4.57 Å². The molecule has 0 saturated carbocycles. The average Bonchev–Trinajstić information content (AvgIpc) is 3.00. The van der Waals surface area contributed by atoms with E-state index in [-0.39, 0.29) is 4.90 Å². The minimum Gasteiger partial charge on any atom is -0.325 e. The average molecular weight is 344 g/mol. The van der Waals surface area contributed by atoms with E-state index < -0.39 is 10.0 Å². The molecule has 0 spiro atoms. The third kappa shape index (κ3) is 3.42. The Morgan fingerprint density at radius 3 is 2.81 bits per heavy atom. The molecule has 0 aliphatic carbocycles. The number of hydrogen-bond acceptors (Lipinski definition) is 4. The third-order valence-electron chi connectivity index (χ3n) is 3.15. The zero-order valence-electron chi connectivity index (χ0n) is 11.1. The van der Waals surface area contributed by atoms with Crippen molar-refractivity contribution in [2.45, 2.75) is 23.0 Å². The lowest BCUT2D eigenvalue weighted by Gasteiger charge is -2.05. The molecule has 0 saturated heterocycles. The van der Waals surface area contributed by atoms with E-state index in [2.05, 4.69) is 14.3 Å². The molecule has 0 atom stereocenters. The van der Waals surface area contributed by atoms with Crippen LogP contribution in [0, 0.1) is 0 Å². The molecule has 3 rings (SSSR count). The first-order chi connectivity index (χ1) is 10.0. The van der Waals surface area contributed by atoms with Crippen LogP contribution in [0.4, 0.5) is 0 Å². The van der Waals surface area contributed by atoms with Gasteiger partial charge in [0.15, 0.2) is 5.16 Å². The van der Waals surface area contributed by atoms with E-state index in [1.54, 1.807) is 23.9 Å². The Hall–Kier alpha value is -1.02. The zero-order valence-corrected chi connectivity index (χ0v) is 13.5. The molecule has 112 valence electrons. The van der Waals surface area contributed by atoms with E-state index in [9.17, 15) is 8.42 Å². The summed E-state index contributed by atoms with van der Waals surface area (Å²) in [5.41, 5.74) is 0.913. The summed E-state index contributed by atoms with van der Waals surface area (Å²) >= 11 is 7.48. The van der Waals surface area contributed by atoms with Crippen molar-refractivity contribution in [2.75, 3.05) is 12.3 Å². The van der Waals surface area contributed by atoms with E-state index in [0.717, 1.165) is 23.1 Å². The molecule has 0 radical (unpaired) electrons. The summed E-state index contributed by atoms with van der Waals surface area (Å²) in [5.74, 6) is 1.06. The van der Waals surface area contributed by atoms with Crippen LogP contribution in [0.25, 0.3) is 0 Å². The maximum atomic E-state index is 12.1. The number of aryl methyl sites for hydroxylation is 1. The van der Waals surface area contributed by atoms with E-state index in [1.807, 2.05) is 6.20 Å². The molecule has 2 heterocycles. The first-order valence-electron chi connectivity index (χ1n) is 6.49. The summed E-state index contributed by atoms with van der Waals surface area (Å²) in [7, 11) is -3.49. The Labute approximate surface area is 132 Å². The molecule has 1 aromatic carbocycles. The van der Waals surface area contributed by atoms with Crippen LogP contribution in [0.15, 0.2) is 40.5 Å². The van der Waals surface area contributed by atoms with Gasteiger partial charge >= 0.3 is 0 Å². The van der Waals surface area contributed by atoms with Crippen LogP contribution >= 0.6 is 23.4 Å². The number of nitrogens with one attached hydrogen (secondary N) is 1. The monoisotopic (exact) mass is 343 g/mol. The maximum absolute atomic E-state index is 12.1. The second kappa shape index (κ2) is 6.00. The standard InChI is InChI=1S/C13H14ClN3O2S2/c14-10-1-3-12(4-2-10)21(18,19)15-6-5-11-9-17-7-8-20-13(17)16-11/h1-4,9,15H,5-8H2. The normalized spacial score (nSPS) is 14.3. The fourth-order valence-electron chi connectivity index (χ4n) is 2.09. The van der Waals surface area contributed by atoms with Gasteiger partial charge in [0, 0.05) is 36.5 Å². The lowest BCUT2D eigenvalue weighted by atomic mass is 10.3. The van der Waals surface area contributed by atoms with Crippen molar-refractivity contribution >= 4 is 33.4 Å². The van der Waals surface area contributed by atoms with Gasteiger partial charge in [-0.25, -0.2) is 18.1 Å². The van der Waals surface area contributed by atoms with Crippen molar-refractivity contribution in [2.24, 2.45) is 0 Å². The van der Waals surface area contributed by atoms with Crippen LogP contribution in [0.3, 0.4) is 0 Å². The number of sulfonamides is 1. The lowest BCUT2D eigenvalue weighted by molar-refractivity contribution is 0.581. The van der Waals surface area contributed by atoms with Crippen molar-refractivity contribution in [1.82, 2.24) is 14.3 Å². The number of benzene rings is 1. The number of thioether (sulfide) groups is 1. The third-order valence-corrected chi connectivity index (χ3v) is 5.85. The predicted octanol–water partition coefficient (Wildman–Crippen LogP) is 2.16. The zero-order chi connectivity index (χ0) is 14.9. The van der Waals surface area contributed by atoms with Gasteiger partial charge in [0.1, 0.15) is 0 Å². The maximum Gasteiger partial charge on any atom is 0.240 e. The molecule has 8 heteroatoms. The highest BCUT2D eigenvalue weighted by atomic mass is 35.5. The van der Waals surface area contributed by atoms with Gasteiger partial charge in [-0.1, -0.05) is 23.4 Å². The fraction of sp³-hybridized carbons (Fsp3) is 0.308. The smallest absolute Gasteiger partial charge is 0.240 e. The number of fused-ring (bicyclic) bond motifs is 1. The minimum atomic E-state index is -3.49. The van der Waals surface area contributed by atoms with E-state index in [1.165, 1.54) is 12.1 Å². The van der Waals surface area contributed by atoms with Gasteiger partial charge in [-0.05, 0) is 24.3 Å². The molecule has 0 fully saturated rings. The number of aromatic nitrogens is 2. The van der Waals surface area contributed by atoms with Gasteiger partial charge in [0.2, 0.25) is 10.0 Å². The molecule has 5 nitrogen and oxygen atoms in total. The lowest BCUT2D eigenvalue weighted by Crippen LogP contribution is -2.26. The SMILES string of the molecule is O=S(=O)(NCCc1cn2c(n1)SCC2)c1ccc(Cl)cc1. The van der Waals surface area contributed by atoms with Crippen molar-refractivity contribution in [3.8, 4) is 0 Å².